The number of piperidine rings is 1. The molecular weight excluding hydrogens is 528 g/mol. The Morgan fingerprint density at radius 3 is 2.41 bits per heavy atom. The summed E-state index contributed by atoms with van der Waals surface area (Å²) in [5.41, 5.74) is 1.50. The summed E-state index contributed by atoms with van der Waals surface area (Å²) in [4.78, 5) is 30.1. The number of hydrogen-bond acceptors (Lipinski definition) is 4. The maximum atomic E-state index is 14.6. The largest absolute Gasteiger partial charge is 0.387 e. The van der Waals surface area contributed by atoms with Gasteiger partial charge in [0.1, 0.15) is 22.8 Å². The zero-order chi connectivity index (χ0) is 27.0. The van der Waals surface area contributed by atoms with Crippen LogP contribution in [0, 0.1) is 22.9 Å². The molecule has 2 heterocycles. The van der Waals surface area contributed by atoms with Gasteiger partial charge in [0.25, 0.3) is 11.8 Å². The van der Waals surface area contributed by atoms with Crippen LogP contribution in [-0.4, -0.2) is 53.7 Å². The Morgan fingerprint density at radius 2 is 1.78 bits per heavy atom. The van der Waals surface area contributed by atoms with Crippen LogP contribution in [0.5, 0.6) is 0 Å². The minimum Gasteiger partial charge on any atom is -0.387 e. The number of likely N-dealkylation sites (tertiary alicyclic amines) is 1. The van der Waals surface area contributed by atoms with E-state index in [2.05, 4.69) is 10.3 Å². The summed E-state index contributed by atoms with van der Waals surface area (Å²) >= 11 is 12.5. The van der Waals surface area contributed by atoms with Crippen LogP contribution in [0.3, 0.4) is 0 Å². The van der Waals surface area contributed by atoms with Crippen molar-refractivity contribution in [1.82, 2.24) is 10.2 Å². The van der Waals surface area contributed by atoms with Gasteiger partial charge in [0.15, 0.2) is 0 Å². The minimum atomic E-state index is -1.04. The number of halogens is 5. The Morgan fingerprint density at radius 1 is 1.14 bits per heavy atom. The van der Waals surface area contributed by atoms with Crippen molar-refractivity contribution >= 4 is 58.2 Å². The van der Waals surface area contributed by atoms with E-state index in [-0.39, 0.29) is 40.4 Å². The molecule has 1 saturated heterocycles. The summed E-state index contributed by atoms with van der Waals surface area (Å²) in [7, 11) is 1.58. The van der Waals surface area contributed by atoms with Gasteiger partial charge in [-0.25, -0.2) is 18.2 Å². The third-order valence-corrected chi connectivity index (χ3v) is 6.97. The van der Waals surface area contributed by atoms with Crippen molar-refractivity contribution < 1.29 is 22.8 Å². The van der Waals surface area contributed by atoms with E-state index in [0.717, 1.165) is 30.3 Å². The predicted octanol–water partition coefficient (Wildman–Crippen LogP) is 5.24. The smallest absolute Gasteiger partial charge is 0.267 e. The van der Waals surface area contributed by atoms with Gasteiger partial charge in [0, 0.05) is 48.3 Å². The average molecular weight is 549 g/mol. The van der Waals surface area contributed by atoms with Crippen LogP contribution in [0.25, 0.3) is 11.3 Å². The molecule has 2 aliphatic heterocycles. The quantitative estimate of drug-likeness (QED) is 0.512. The van der Waals surface area contributed by atoms with Crippen molar-refractivity contribution in [3.63, 3.8) is 0 Å². The molecule has 2 aromatic rings. The number of nitrogens with zero attached hydrogens (tertiary/aromatic N) is 2. The summed E-state index contributed by atoms with van der Waals surface area (Å²) < 4.78 is 42.2. The van der Waals surface area contributed by atoms with E-state index < -0.39 is 40.7 Å². The van der Waals surface area contributed by atoms with E-state index in [4.69, 9.17) is 28.6 Å². The number of alkyl halides is 1. The summed E-state index contributed by atoms with van der Waals surface area (Å²) in [5, 5.41) is 10.5. The Balaban J connectivity index is 1.67. The maximum Gasteiger partial charge on any atom is 0.267 e. The van der Waals surface area contributed by atoms with Gasteiger partial charge >= 0.3 is 0 Å². The van der Waals surface area contributed by atoms with E-state index in [1.165, 1.54) is 17.2 Å². The molecule has 0 spiro atoms. The van der Waals surface area contributed by atoms with Crippen LogP contribution in [0.2, 0.25) is 5.02 Å². The molecule has 0 radical (unpaired) electrons. The molecule has 2 N–H and O–H groups in total. The van der Waals surface area contributed by atoms with Crippen molar-refractivity contribution in [3.05, 3.63) is 81.1 Å². The zero-order valence-corrected chi connectivity index (χ0v) is 21.2. The van der Waals surface area contributed by atoms with Crippen LogP contribution >= 0.6 is 23.2 Å². The van der Waals surface area contributed by atoms with Gasteiger partial charge in [-0.05, 0) is 49.3 Å². The Bertz CT molecular complexity index is 1400. The van der Waals surface area contributed by atoms with Crippen LogP contribution in [0.15, 0.2) is 47.0 Å². The second-order valence-corrected chi connectivity index (χ2v) is 9.38. The number of dihydropyridines is 1. The van der Waals surface area contributed by atoms with Crippen LogP contribution in [-0.2, 0) is 4.79 Å². The molecule has 0 bridgehead atoms. The SMILES string of the molecule is CN/C(=C1/CCN(C(=O)c2cc(F)cc(C3=CC(Cl)C(=O)N=C3)c2Cl)[C@H](C)C1=N)c1cc(F)cc(F)c1. The monoisotopic (exact) mass is 548 g/mol. The fourth-order valence-electron chi connectivity index (χ4n) is 4.42. The Hall–Kier alpha value is -3.43. The van der Waals surface area contributed by atoms with Crippen molar-refractivity contribution in [2.24, 2.45) is 4.99 Å². The average Bonchev–Trinajstić information content (AvgIpc) is 2.84. The second kappa shape index (κ2) is 10.5. The molecule has 1 unspecified atom stereocenters. The van der Waals surface area contributed by atoms with Gasteiger partial charge in [-0.3, -0.25) is 9.59 Å². The van der Waals surface area contributed by atoms with Crippen LogP contribution < -0.4 is 5.32 Å². The lowest BCUT2D eigenvalue weighted by molar-refractivity contribution is -0.116. The van der Waals surface area contributed by atoms with Crippen molar-refractivity contribution in [2.45, 2.75) is 24.8 Å². The highest BCUT2D eigenvalue weighted by molar-refractivity contribution is 6.39. The number of amides is 2. The van der Waals surface area contributed by atoms with Crippen LogP contribution in [0.4, 0.5) is 13.2 Å². The molecule has 0 saturated carbocycles. The maximum absolute atomic E-state index is 14.6. The van der Waals surface area contributed by atoms with Gasteiger partial charge in [-0.1, -0.05) is 11.6 Å². The summed E-state index contributed by atoms with van der Waals surface area (Å²) in [6.45, 7) is 1.78. The lowest BCUT2D eigenvalue weighted by Crippen LogP contribution is -2.48. The molecule has 2 aromatic carbocycles. The Kier molecular flexibility index (Phi) is 7.57. The topological polar surface area (TPSA) is 85.6 Å². The first-order valence-electron chi connectivity index (χ1n) is 11.2. The second-order valence-electron chi connectivity index (χ2n) is 8.53. The fraction of sp³-hybridized carbons (Fsp3) is 0.231. The third kappa shape index (κ3) is 5.19. The first kappa shape index (κ1) is 26.6. The molecule has 1 fully saturated rings. The van der Waals surface area contributed by atoms with Gasteiger partial charge in [0.2, 0.25) is 0 Å². The van der Waals surface area contributed by atoms with Gasteiger partial charge < -0.3 is 15.6 Å². The van der Waals surface area contributed by atoms with Gasteiger partial charge in [-0.15, -0.1) is 11.6 Å². The van der Waals surface area contributed by atoms with Crippen LogP contribution in [0.1, 0.15) is 34.8 Å². The first-order chi connectivity index (χ1) is 17.5. The van der Waals surface area contributed by atoms with E-state index in [1.54, 1.807) is 14.0 Å². The van der Waals surface area contributed by atoms with E-state index in [0.29, 0.717) is 16.8 Å². The molecule has 4 rings (SSSR count). The molecule has 0 aromatic heterocycles. The first-order valence-corrected chi connectivity index (χ1v) is 12.0. The minimum absolute atomic E-state index is 0.0477. The summed E-state index contributed by atoms with van der Waals surface area (Å²) in [5.74, 6) is -3.41. The lowest BCUT2D eigenvalue weighted by Gasteiger charge is -2.36. The molecule has 37 heavy (non-hydrogen) atoms. The molecular formula is C26H21Cl2F3N4O2. The number of rotatable bonds is 4. The zero-order valence-electron chi connectivity index (χ0n) is 19.7. The normalized spacial score (nSPS) is 21.2. The fourth-order valence-corrected chi connectivity index (χ4v) is 4.91. The number of benzene rings is 2. The summed E-state index contributed by atoms with van der Waals surface area (Å²) in [6, 6.07) is 4.46. The van der Waals surface area contributed by atoms with Gasteiger partial charge in [-0.2, -0.15) is 0 Å². The number of carbonyl (C=O) groups excluding carboxylic acids is 2. The highest BCUT2D eigenvalue weighted by Crippen LogP contribution is 2.33. The molecule has 2 aliphatic rings. The third-order valence-electron chi connectivity index (χ3n) is 6.25. The highest BCUT2D eigenvalue weighted by Gasteiger charge is 2.34. The molecule has 0 aliphatic carbocycles. The molecule has 192 valence electrons. The van der Waals surface area contributed by atoms with E-state index in [1.807, 2.05) is 0 Å². The number of hydrogen-bond donors (Lipinski definition) is 2. The standard InChI is InChI=1S/C26H21Cl2F3N4O2/c1-12-23(32)18(24(33-2)13-5-15(29)8-16(30)6-13)3-4-35(12)26(37)20-10-17(31)9-19(22(20)28)14-7-21(27)25(36)34-11-14/h5-12,21,32-33H,3-4H2,1-2H3/b24-18-,32-23?/t12-,21?/m1/s1. The molecule has 2 atom stereocenters. The summed E-state index contributed by atoms with van der Waals surface area (Å²) in [6.07, 6.45) is 2.79. The molecule has 11 heteroatoms. The molecule has 2 amide bonds. The number of aliphatic imine (C=N–C) groups is 1. The Labute approximate surface area is 221 Å². The van der Waals surface area contributed by atoms with E-state index in [9.17, 15) is 22.8 Å². The van der Waals surface area contributed by atoms with Crippen molar-refractivity contribution in [3.8, 4) is 0 Å². The van der Waals surface area contributed by atoms with E-state index >= 15 is 0 Å². The predicted molar refractivity (Wildman–Crippen MR) is 138 cm³/mol. The number of carbonyl (C=O) groups is 2. The highest BCUT2D eigenvalue weighted by atomic mass is 35.5. The van der Waals surface area contributed by atoms with Crippen molar-refractivity contribution in [2.75, 3.05) is 13.6 Å². The lowest BCUT2D eigenvalue weighted by atomic mass is 9.90. The number of allylic oxidation sites excluding steroid dienone is 1. The number of nitrogens with one attached hydrogen (secondary N) is 2. The van der Waals surface area contributed by atoms with Crippen molar-refractivity contribution in [1.29, 1.82) is 5.41 Å². The van der Waals surface area contributed by atoms with Gasteiger partial charge in [0.05, 0.1) is 22.3 Å². The molecule has 6 nitrogen and oxygen atoms in total.